The van der Waals surface area contributed by atoms with E-state index in [1.165, 1.54) is 0 Å². The summed E-state index contributed by atoms with van der Waals surface area (Å²) in [6.07, 6.45) is -1.64. The molecule has 1 saturated heterocycles. The number of carbonyl (C=O) groups excluding carboxylic acids is 2. The number of allylic oxidation sites excluding steroid dienone is 1. The van der Waals surface area contributed by atoms with E-state index >= 15 is 0 Å². The van der Waals surface area contributed by atoms with Crippen LogP contribution in [0.1, 0.15) is 63.1 Å². The van der Waals surface area contributed by atoms with Crippen LogP contribution in [0, 0.1) is 5.41 Å². The molecule has 38 heavy (non-hydrogen) atoms. The number of nitrogens with zero attached hydrogens (tertiary/aromatic N) is 2. The molecule has 3 rings (SSSR count). The van der Waals surface area contributed by atoms with Crippen LogP contribution in [0.2, 0.25) is 10.0 Å². The average molecular weight is 569 g/mol. The van der Waals surface area contributed by atoms with Gasteiger partial charge in [-0.1, -0.05) is 67.4 Å². The van der Waals surface area contributed by atoms with Crippen LogP contribution in [0.3, 0.4) is 0 Å². The number of carbonyl (C=O) groups is 2. The standard InChI is InChI=1S/C29H33Cl2F3N2O2/c1-5-14-28(4)16-25(21-8-7-9-23(31)15-21)26(20-10-12-22(30)13-11-20)36(27(28)38)24(6-2)17-35(19(3)37)18-29(32,33)34/h5,7-13,15,24-26H,1,6,14,16-18H2,2-4H3/t24?,25-,26-,28+/m1/s1. The number of alkyl halides is 3. The van der Waals surface area contributed by atoms with Crippen molar-refractivity contribution in [2.75, 3.05) is 13.1 Å². The van der Waals surface area contributed by atoms with Gasteiger partial charge in [0.1, 0.15) is 6.54 Å². The third-order valence-corrected chi connectivity index (χ3v) is 7.78. The highest BCUT2D eigenvalue weighted by Gasteiger charge is 2.51. The van der Waals surface area contributed by atoms with Crippen LogP contribution >= 0.6 is 23.2 Å². The smallest absolute Gasteiger partial charge is 0.332 e. The largest absolute Gasteiger partial charge is 0.406 e. The first-order valence-corrected chi connectivity index (χ1v) is 13.3. The van der Waals surface area contributed by atoms with Crippen molar-refractivity contribution < 1.29 is 22.8 Å². The molecule has 9 heteroatoms. The molecule has 0 radical (unpaired) electrons. The molecule has 4 nitrogen and oxygen atoms in total. The second kappa shape index (κ2) is 12.1. The summed E-state index contributed by atoms with van der Waals surface area (Å²) in [5.74, 6) is -1.11. The Hall–Kier alpha value is -2.51. The normalized spacial score (nSPS) is 22.7. The zero-order chi connectivity index (χ0) is 28.3. The van der Waals surface area contributed by atoms with E-state index in [-0.39, 0.29) is 18.4 Å². The molecule has 0 aliphatic carbocycles. The molecule has 2 aromatic rings. The lowest BCUT2D eigenvalue weighted by Gasteiger charge is -2.52. The highest BCUT2D eigenvalue weighted by molar-refractivity contribution is 6.30. The van der Waals surface area contributed by atoms with Crippen LogP contribution in [-0.4, -0.2) is 46.9 Å². The lowest BCUT2D eigenvalue weighted by atomic mass is 9.67. The Kier molecular flexibility index (Phi) is 9.58. The predicted molar refractivity (Wildman–Crippen MR) is 145 cm³/mol. The van der Waals surface area contributed by atoms with E-state index in [4.69, 9.17) is 23.2 Å². The van der Waals surface area contributed by atoms with Gasteiger partial charge in [-0.25, -0.2) is 0 Å². The fourth-order valence-corrected chi connectivity index (χ4v) is 5.80. The summed E-state index contributed by atoms with van der Waals surface area (Å²) < 4.78 is 40.1. The predicted octanol–water partition coefficient (Wildman–Crippen LogP) is 7.82. The van der Waals surface area contributed by atoms with Crippen LogP contribution in [0.25, 0.3) is 0 Å². The quantitative estimate of drug-likeness (QED) is 0.289. The lowest BCUT2D eigenvalue weighted by Crippen LogP contribution is -2.58. The molecule has 4 atom stereocenters. The number of halogens is 5. The molecule has 1 fully saturated rings. The first-order valence-electron chi connectivity index (χ1n) is 12.6. The Morgan fingerprint density at radius 3 is 2.37 bits per heavy atom. The van der Waals surface area contributed by atoms with E-state index in [9.17, 15) is 22.8 Å². The van der Waals surface area contributed by atoms with Gasteiger partial charge in [-0.3, -0.25) is 9.59 Å². The zero-order valence-corrected chi connectivity index (χ0v) is 23.3. The fourth-order valence-electron chi connectivity index (χ4n) is 5.48. The second-order valence-corrected chi connectivity index (χ2v) is 11.1. The first-order chi connectivity index (χ1) is 17.8. The number of benzene rings is 2. The van der Waals surface area contributed by atoms with E-state index in [1.807, 2.05) is 44.2 Å². The fraction of sp³-hybridized carbons (Fsp3) is 0.448. The van der Waals surface area contributed by atoms with Crippen LogP contribution < -0.4 is 0 Å². The van der Waals surface area contributed by atoms with Gasteiger partial charge in [0, 0.05) is 35.5 Å². The summed E-state index contributed by atoms with van der Waals surface area (Å²) in [6, 6.07) is 13.4. The van der Waals surface area contributed by atoms with E-state index in [0.717, 1.165) is 23.0 Å². The van der Waals surface area contributed by atoms with Crippen molar-refractivity contribution in [2.24, 2.45) is 5.41 Å². The van der Waals surface area contributed by atoms with Gasteiger partial charge in [0.25, 0.3) is 0 Å². The van der Waals surface area contributed by atoms with Crippen molar-refractivity contribution in [3.05, 3.63) is 82.4 Å². The van der Waals surface area contributed by atoms with E-state index < -0.39 is 36.1 Å². The third-order valence-electron chi connectivity index (χ3n) is 7.30. The van der Waals surface area contributed by atoms with Crippen molar-refractivity contribution >= 4 is 35.0 Å². The topological polar surface area (TPSA) is 40.6 Å². The molecular weight excluding hydrogens is 536 g/mol. The molecule has 1 heterocycles. The maximum atomic E-state index is 14.3. The van der Waals surface area contributed by atoms with Gasteiger partial charge in [-0.2, -0.15) is 13.2 Å². The minimum atomic E-state index is -4.56. The Balaban J connectivity index is 2.20. The molecule has 1 aliphatic rings. The summed E-state index contributed by atoms with van der Waals surface area (Å²) in [5.41, 5.74) is 0.867. The minimum absolute atomic E-state index is 0.182. The molecule has 0 bridgehead atoms. The highest BCUT2D eigenvalue weighted by atomic mass is 35.5. The highest BCUT2D eigenvalue weighted by Crippen LogP contribution is 2.52. The number of likely N-dealkylation sites (tertiary alicyclic amines) is 1. The van der Waals surface area contributed by atoms with Crippen LogP contribution in [0.5, 0.6) is 0 Å². The third kappa shape index (κ3) is 6.92. The van der Waals surface area contributed by atoms with Crippen LogP contribution in [-0.2, 0) is 9.59 Å². The number of hydrogen-bond acceptors (Lipinski definition) is 2. The van der Waals surface area contributed by atoms with Crippen molar-refractivity contribution in [1.82, 2.24) is 9.80 Å². The first kappa shape index (κ1) is 30.0. The second-order valence-electron chi connectivity index (χ2n) is 10.2. The van der Waals surface area contributed by atoms with Gasteiger partial charge < -0.3 is 9.80 Å². The molecule has 0 spiro atoms. The van der Waals surface area contributed by atoms with Crippen molar-refractivity contribution in [2.45, 2.75) is 64.2 Å². The Labute approximate surface area is 232 Å². The maximum absolute atomic E-state index is 14.3. The van der Waals surface area contributed by atoms with Crippen LogP contribution in [0.15, 0.2) is 61.2 Å². The number of piperidine rings is 1. The van der Waals surface area contributed by atoms with E-state index in [0.29, 0.717) is 29.3 Å². The summed E-state index contributed by atoms with van der Waals surface area (Å²) in [7, 11) is 0. The zero-order valence-electron chi connectivity index (χ0n) is 21.8. The number of amides is 2. The maximum Gasteiger partial charge on any atom is 0.406 e. The van der Waals surface area contributed by atoms with Gasteiger partial charge in [-0.05, 0) is 54.7 Å². The van der Waals surface area contributed by atoms with Gasteiger partial charge in [-0.15, -0.1) is 6.58 Å². The van der Waals surface area contributed by atoms with Crippen molar-refractivity contribution in [3.8, 4) is 0 Å². The summed E-state index contributed by atoms with van der Waals surface area (Å²) in [4.78, 5) is 29.0. The summed E-state index contributed by atoms with van der Waals surface area (Å²) >= 11 is 12.5. The van der Waals surface area contributed by atoms with Crippen molar-refractivity contribution in [3.63, 3.8) is 0 Å². The SMILES string of the molecule is C=CC[C@@]1(C)C[C@H](c2cccc(Cl)c2)[C@@H](c2ccc(Cl)cc2)N(C(CC)CN(CC(F)(F)F)C(C)=O)C1=O. The minimum Gasteiger partial charge on any atom is -0.332 e. The molecule has 2 aromatic carbocycles. The molecule has 2 amide bonds. The van der Waals surface area contributed by atoms with E-state index in [1.54, 1.807) is 29.2 Å². The van der Waals surface area contributed by atoms with Gasteiger partial charge >= 0.3 is 6.18 Å². The number of rotatable bonds is 9. The van der Waals surface area contributed by atoms with Gasteiger partial charge in [0.15, 0.2) is 0 Å². The Morgan fingerprint density at radius 1 is 1.18 bits per heavy atom. The van der Waals surface area contributed by atoms with Gasteiger partial charge in [0.2, 0.25) is 11.8 Å². The molecule has 1 aliphatic heterocycles. The van der Waals surface area contributed by atoms with Crippen molar-refractivity contribution in [1.29, 1.82) is 0 Å². The molecule has 1 unspecified atom stereocenters. The number of hydrogen-bond donors (Lipinski definition) is 0. The molecule has 206 valence electrons. The van der Waals surface area contributed by atoms with E-state index in [2.05, 4.69) is 6.58 Å². The summed E-state index contributed by atoms with van der Waals surface area (Å²) in [5, 5.41) is 1.07. The summed E-state index contributed by atoms with van der Waals surface area (Å²) in [6.45, 7) is 7.02. The molecule has 0 N–H and O–H groups in total. The monoisotopic (exact) mass is 568 g/mol. The molecule has 0 saturated carbocycles. The molecular formula is C29H33Cl2F3N2O2. The Morgan fingerprint density at radius 2 is 1.84 bits per heavy atom. The average Bonchev–Trinajstić information content (AvgIpc) is 2.83. The molecule has 0 aromatic heterocycles. The Bertz CT molecular complexity index is 1160. The van der Waals surface area contributed by atoms with Crippen LogP contribution in [0.4, 0.5) is 13.2 Å². The lowest BCUT2D eigenvalue weighted by molar-refractivity contribution is -0.166. The van der Waals surface area contributed by atoms with Gasteiger partial charge in [0.05, 0.1) is 11.5 Å².